The summed E-state index contributed by atoms with van der Waals surface area (Å²) in [7, 11) is 5.70. The molecule has 3 nitrogen and oxygen atoms in total. The number of para-hydroxylation sites is 1. The van der Waals surface area contributed by atoms with E-state index in [0.29, 0.717) is 19.8 Å². The lowest BCUT2D eigenvalue weighted by molar-refractivity contribution is 0.103. The number of aromatic nitrogens is 1. The molecule has 2 aromatic heterocycles. The Morgan fingerprint density at radius 3 is 2.85 bits per heavy atom. The summed E-state index contributed by atoms with van der Waals surface area (Å²) in [5, 5.41) is 3.86. The van der Waals surface area contributed by atoms with Crippen molar-refractivity contribution in [2.24, 2.45) is 0 Å². The van der Waals surface area contributed by atoms with Crippen LogP contribution in [0.4, 0.5) is 5.69 Å². The predicted octanol–water partition coefficient (Wildman–Crippen LogP) is 3.10. The normalized spacial score (nSPS) is 10.7. The monoisotopic (exact) mass is 342 g/mol. The van der Waals surface area contributed by atoms with Crippen molar-refractivity contribution in [1.29, 1.82) is 0 Å². The first-order chi connectivity index (χ1) is 9.65. The SMILES string of the molecule is [B]c1cc(Br)c(C(=O)Nc2cccc3cccnc23)s1. The van der Waals surface area contributed by atoms with Gasteiger partial charge in [-0.1, -0.05) is 18.2 Å². The molecule has 1 N–H and O–H groups in total. The Morgan fingerprint density at radius 2 is 2.10 bits per heavy atom. The van der Waals surface area contributed by atoms with E-state index in [0.717, 1.165) is 10.9 Å². The lowest BCUT2D eigenvalue weighted by atomic mass is 10.1. The van der Waals surface area contributed by atoms with Gasteiger partial charge >= 0.3 is 0 Å². The number of carbonyl (C=O) groups is 1. The first-order valence-corrected chi connectivity index (χ1v) is 7.46. The van der Waals surface area contributed by atoms with Crippen LogP contribution in [-0.2, 0) is 0 Å². The molecular weight excluding hydrogens is 335 g/mol. The first kappa shape index (κ1) is 13.3. The zero-order valence-corrected chi connectivity index (χ0v) is 12.7. The molecule has 0 aliphatic rings. The molecule has 0 unspecified atom stereocenters. The van der Waals surface area contributed by atoms with Crippen molar-refractivity contribution >= 4 is 62.4 Å². The van der Waals surface area contributed by atoms with Gasteiger partial charge in [0.1, 0.15) is 12.7 Å². The van der Waals surface area contributed by atoms with Crippen molar-refractivity contribution < 1.29 is 4.79 Å². The number of pyridine rings is 1. The largest absolute Gasteiger partial charge is 0.319 e. The Labute approximate surface area is 129 Å². The van der Waals surface area contributed by atoms with Crippen molar-refractivity contribution in [3.05, 3.63) is 51.9 Å². The summed E-state index contributed by atoms with van der Waals surface area (Å²) >= 11 is 4.58. The van der Waals surface area contributed by atoms with Gasteiger partial charge in [-0.15, -0.1) is 11.3 Å². The quantitative estimate of drug-likeness (QED) is 0.727. The number of halogens is 1. The van der Waals surface area contributed by atoms with Crippen molar-refractivity contribution in [1.82, 2.24) is 4.98 Å². The molecule has 0 spiro atoms. The van der Waals surface area contributed by atoms with Crippen molar-refractivity contribution in [2.45, 2.75) is 0 Å². The molecule has 3 aromatic rings. The molecule has 96 valence electrons. The van der Waals surface area contributed by atoms with Gasteiger partial charge in [0, 0.05) is 16.1 Å². The summed E-state index contributed by atoms with van der Waals surface area (Å²) < 4.78 is 1.30. The number of carbonyl (C=O) groups excluding carboxylic acids is 1. The zero-order valence-electron chi connectivity index (χ0n) is 10.3. The fourth-order valence-corrected chi connectivity index (χ4v) is 3.46. The van der Waals surface area contributed by atoms with Gasteiger partial charge in [0.15, 0.2) is 0 Å². The highest BCUT2D eigenvalue weighted by molar-refractivity contribution is 9.10. The molecule has 2 radical (unpaired) electrons. The molecule has 20 heavy (non-hydrogen) atoms. The molecule has 1 aromatic carbocycles. The van der Waals surface area contributed by atoms with Crippen LogP contribution in [-0.4, -0.2) is 18.7 Å². The third-order valence-corrected chi connectivity index (χ3v) is 4.64. The van der Waals surface area contributed by atoms with Crippen LogP contribution in [0.25, 0.3) is 10.9 Å². The van der Waals surface area contributed by atoms with Crippen LogP contribution < -0.4 is 10.1 Å². The number of hydrogen-bond acceptors (Lipinski definition) is 3. The Balaban J connectivity index is 1.97. The minimum Gasteiger partial charge on any atom is -0.319 e. The third-order valence-electron chi connectivity index (χ3n) is 2.79. The molecule has 1 amide bonds. The number of amides is 1. The predicted molar refractivity (Wildman–Crippen MR) is 87.1 cm³/mol. The molecule has 6 heteroatoms. The molecule has 2 heterocycles. The minimum atomic E-state index is -0.197. The van der Waals surface area contributed by atoms with Crippen molar-refractivity contribution in [3.63, 3.8) is 0 Å². The number of nitrogens with zero attached hydrogens (tertiary/aromatic N) is 1. The average molecular weight is 343 g/mol. The average Bonchev–Trinajstić information content (AvgIpc) is 2.78. The first-order valence-electron chi connectivity index (χ1n) is 5.85. The number of fused-ring (bicyclic) bond motifs is 1. The molecule has 0 saturated heterocycles. The van der Waals surface area contributed by atoms with E-state index in [4.69, 9.17) is 7.85 Å². The standard InChI is InChI=1S/C14H8BBrN2OS/c15-11-7-9(16)13(20-11)14(19)18-10-5-1-3-8-4-2-6-17-12(8)10/h1-7H,(H,18,19). The number of anilines is 1. The lowest BCUT2D eigenvalue weighted by Crippen LogP contribution is -2.11. The number of hydrogen-bond donors (Lipinski definition) is 1. The fourth-order valence-electron chi connectivity index (χ4n) is 1.93. The topological polar surface area (TPSA) is 42.0 Å². The number of thiophene rings is 1. The summed E-state index contributed by atoms with van der Waals surface area (Å²) in [6, 6.07) is 11.2. The van der Waals surface area contributed by atoms with Crippen molar-refractivity contribution in [2.75, 3.05) is 5.32 Å². The summed E-state index contributed by atoms with van der Waals surface area (Å²) in [6.07, 6.45) is 1.71. The van der Waals surface area contributed by atoms with Gasteiger partial charge in [-0.3, -0.25) is 9.78 Å². The van der Waals surface area contributed by atoms with E-state index in [1.807, 2.05) is 30.3 Å². The lowest BCUT2D eigenvalue weighted by Gasteiger charge is -2.07. The highest BCUT2D eigenvalue weighted by atomic mass is 79.9. The van der Waals surface area contributed by atoms with Gasteiger partial charge in [0.2, 0.25) is 0 Å². The van der Waals surface area contributed by atoms with Crippen LogP contribution in [0.1, 0.15) is 9.67 Å². The second-order valence-corrected chi connectivity index (χ2v) is 6.10. The molecule has 0 aliphatic heterocycles. The van der Waals surface area contributed by atoms with Gasteiger partial charge in [0.05, 0.1) is 11.2 Å². The van der Waals surface area contributed by atoms with E-state index in [9.17, 15) is 4.79 Å². The number of benzene rings is 1. The van der Waals surface area contributed by atoms with E-state index in [-0.39, 0.29) is 5.91 Å². The smallest absolute Gasteiger partial charge is 0.266 e. The number of nitrogens with one attached hydrogen (secondary N) is 1. The molecule has 0 aliphatic carbocycles. The van der Waals surface area contributed by atoms with E-state index < -0.39 is 0 Å². The minimum absolute atomic E-state index is 0.197. The highest BCUT2D eigenvalue weighted by Gasteiger charge is 2.14. The summed E-state index contributed by atoms with van der Waals surface area (Å²) in [5.74, 6) is -0.197. The third kappa shape index (κ3) is 2.49. The molecule has 3 rings (SSSR count). The number of rotatable bonds is 2. The Bertz CT molecular complexity index is 797. The maximum Gasteiger partial charge on any atom is 0.266 e. The van der Waals surface area contributed by atoms with Crippen LogP contribution in [0.5, 0.6) is 0 Å². The maximum atomic E-state index is 12.3. The highest BCUT2D eigenvalue weighted by Crippen LogP contribution is 2.25. The maximum absolute atomic E-state index is 12.3. The van der Waals surface area contributed by atoms with Gasteiger partial charge in [-0.05, 0) is 38.9 Å². The van der Waals surface area contributed by atoms with Crippen LogP contribution in [0.15, 0.2) is 47.1 Å². The van der Waals surface area contributed by atoms with E-state index in [1.165, 1.54) is 11.3 Å². The van der Waals surface area contributed by atoms with E-state index >= 15 is 0 Å². The zero-order chi connectivity index (χ0) is 14.1. The molecular formula is C14H8BBrN2OS. The second-order valence-electron chi connectivity index (χ2n) is 4.16. The van der Waals surface area contributed by atoms with Gasteiger partial charge in [-0.25, -0.2) is 0 Å². The Hall–Kier alpha value is -1.66. The Morgan fingerprint density at radius 1 is 1.30 bits per heavy atom. The molecule has 0 saturated carbocycles. The van der Waals surface area contributed by atoms with Crippen molar-refractivity contribution in [3.8, 4) is 0 Å². The van der Waals surface area contributed by atoms with E-state index in [1.54, 1.807) is 12.3 Å². The molecule has 0 fully saturated rings. The second kappa shape index (κ2) is 5.38. The molecule has 0 atom stereocenters. The van der Waals surface area contributed by atoms with Crippen LogP contribution in [0.2, 0.25) is 0 Å². The molecule has 0 bridgehead atoms. The van der Waals surface area contributed by atoms with Crippen LogP contribution in [0.3, 0.4) is 0 Å². The van der Waals surface area contributed by atoms with Gasteiger partial charge in [0.25, 0.3) is 5.91 Å². The van der Waals surface area contributed by atoms with E-state index in [2.05, 4.69) is 26.2 Å². The summed E-state index contributed by atoms with van der Waals surface area (Å²) in [5.41, 5.74) is 1.45. The van der Waals surface area contributed by atoms with Gasteiger partial charge in [-0.2, -0.15) is 0 Å². The van der Waals surface area contributed by atoms with Crippen LogP contribution >= 0.6 is 27.3 Å². The van der Waals surface area contributed by atoms with Gasteiger partial charge < -0.3 is 5.32 Å². The van der Waals surface area contributed by atoms with Crippen LogP contribution in [0, 0.1) is 0 Å². The fraction of sp³-hybridized carbons (Fsp3) is 0. The Kier molecular flexibility index (Phi) is 3.59. The summed E-state index contributed by atoms with van der Waals surface area (Å²) in [6.45, 7) is 0. The summed E-state index contributed by atoms with van der Waals surface area (Å²) in [4.78, 5) is 17.1.